The first kappa shape index (κ1) is 11.5. The fourth-order valence-electron chi connectivity index (χ4n) is 0.766. The van der Waals surface area contributed by atoms with Crippen LogP contribution in [0.2, 0.25) is 0 Å². The van der Waals surface area contributed by atoms with Crippen LogP contribution in [-0.4, -0.2) is 27.3 Å². The molecule has 0 saturated carbocycles. The Balaban J connectivity index is 2.64. The van der Waals surface area contributed by atoms with Crippen LogP contribution >= 0.6 is 0 Å². The maximum atomic E-state index is 12.1. The maximum Gasteiger partial charge on any atom is 0.400 e. The fourth-order valence-corrected chi connectivity index (χ4v) is 0.766. The molecular weight excluding hydrogens is 213 g/mol. The van der Waals surface area contributed by atoms with Crippen molar-refractivity contribution in [1.29, 1.82) is 0 Å². The van der Waals surface area contributed by atoms with E-state index < -0.39 is 18.0 Å². The quantitative estimate of drug-likeness (QED) is 0.791. The first-order valence-electron chi connectivity index (χ1n) is 4.07. The lowest BCUT2D eigenvalue weighted by atomic mass is 10.1. The van der Waals surface area contributed by atoms with Crippen molar-refractivity contribution >= 4 is 11.9 Å². The van der Waals surface area contributed by atoms with Crippen molar-refractivity contribution in [3.63, 3.8) is 0 Å². The smallest absolute Gasteiger partial charge is 0.293 e. The van der Waals surface area contributed by atoms with E-state index in [4.69, 9.17) is 0 Å². The molecule has 0 radical (unpaired) electrons. The molecule has 1 heterocycles. The summed E-state index contributed by atoms with van der Waals surface area (Å²) in [5.74, 6) is -3.02. The number of alkyl halides is 3. The molecule has 0 spiro atoms. The molecule has 0 aliphatic carbocycles. The maximum absolute atomic E-state index is 12.1. The number of hydrogen-bond donors (Lipinski definition) is 2. The number of amides is 1. The van der Waals surface area contributed by atoms with Crippen LogP contribution in [0.4, 0.5) is 19.1 Å². The number of aromatic amines is 1. The molecule has 2 N–H and O–H groups in total. The topological polar surface area (TPSA) is 70.7 Å². The predicted octanol–water partition coefficient (Wildman–Crippen LogP) is 1.25. The van der Waals surface area contributed by atoms with Gasteiger partial charge in [0.15, 0.2) is 0 Å². The molecule has 5 nitrogen and oxygen atoms in total. The number of halogens is 3. The van der Waals surface area contributed by atoms with Crippen LogP contribution in [-0.2, 0) is 4.79 Å². The standard InChI is InChI=1S/C7H9F3N4O/c1-3(7(8,9)10)5(15)12-6-11-4(2)13-14-6/h3H,1-2H3,(H2,11,12,13,14,15)/t3-/m0/s1. The van der Waals surface area contributed by atoms with Crippen LogP contribution in [0.1, 0.15) is 12.7 Å². The minimum Gasteiger partial charge on any atom is -0.293 e. The third kappa shape index (κ3) is 2.93. The van der Waals surface area contributed by atoms with Crippen LogP contribution in [0, 0.1) is 12.8 Å². The van der Waals surface area contributed by atoms with Crippen LogP contribution < -0.4 is 5.32 Å². The van der Waals surface area contributed by atoms with Gasteiger partial charge < -0.3 is 0 Å². The summed E-state index contributed by atoms with van der Waals surface area (Å²) in [4.78, 5) is 14.7. The lowest BCUT2D eigenvalue weighted by Gasteiger charge is -2.13. The molecule has 1 aromatic rings. The molecule has 0 unspecified atom stereocenters. The molecule has 0 fully saturated rings. The van der Waals surface area contributed by atoms with E-state index in [1.807, 2.05) is 5.32 Å². The fraction of sp³-hybridized carbons (Fsp3) is 0.571. The van der Waals surface area contributed by atoms with Gasteiger partial charge in [0.1, 0.15) is 11.7 Å². The zero-order valence-corrected chi connectivity index (χ0v) is 8.01. The summed E-state index contributed by atoms with van der Waals surface area (Å²) in [5, 5.41) is 7.84. The number of rotatable bonds is 2. The summed E-state index contributed by atoms with van der Waals surface area (Å²) in [6.45, 7) is 2.34. The molecule has 0 aliphatic heterocycles. The zero-order valence-electron chi connectivity index (χ0n) is 8.01. The third-order valence-electron chi connectivity index (χ3n) is 1.72. The molecule has 1 aromatic heterocycles. The van der Waals surface area contributed by atoms with E-state index in [1.165, 1.54) is 0 Å². The second-order valence-electron chi connectivity index (χ2n) is 3.00. The van der Waals surface area contributed by atoms with Crippen molar-refractivity contribution in [3.05, 3.63) is 5.82 Å². The number of aryl methyl sites for hydroxylation is 1. The van der Waals surface area contributed by atoms with Gasteiger partial charge in [-0.1, -0.05) is 0 Å². The van der Waals surface area contributed by atoms with Gasteiger partial charge in [0.2, 0.25) is 11.9 Å². The highest BCUT2D eigenvalue weighted by molar-refractivity contribution is 5.91. The highest BCUT2D eigenvalue weighted by Gasteiger charge is 2.41. The van der Waals surface area contributed by atoms with Crippen LogP contribution in [0.3, 0.4) is 0 Å². The summed E-state index contributed by atoms with van der Waals surface area (Å²) in [6, 6.07) is 0. The Bertz CT molecular complexity index is 359. The number of aromatic nitrogens is 3. The molecule has 0 bridgehead atoms. The molecular formula is C7H9F3N4O. The normalized spacial score (nSPS) is 13.7. The molecule has 0 aromatic carbocycles. The number of nitrogens with zero attached hydrogens (tertiary/aromatic N) is 2. The van der Waals surface area contributed by atoms with Crippen molar-refractivity contribution in [2.24, 2.45) is 5.92 Å². The Morgan fingerprint density at radius 1 is 1.53 bits per heavy atom. The summed E-state index contributed by atoms with van der Waals surface area (Å²) in [6.07, 6.45) is -4.56. The Morgan fingerprint density at radius 3 is 2.53 bits per heavy atom. The Hall–Kier alpha value is -1.60. The Morgan fingerprint density at radius 2 is 2.13 bits per heavy atom. The van der Waals surface area contributed by atoms with Gasteiger partial charge in [0.25, 0.3) is 0 Å². The van der Waals surface area contributed by atoms with Crippen molar-refractivity contribution in [2.45, 2.75) is 20.0 Å². The van der Waals surface area contributed by atoms with E-state index in [-0.39, 0.29) is 5.95 Å². The number of anilines is 1. The summed E-state index contributed by atoms with van der Waals surface area (Å²) >= 11 is 0. The third-order valence-corrected chi connectivity index (χ3v) is 1.72. The van der Waals surface area contributed by atoms with E-state index >= 15 is 0 Å². The van der Waals surface area contributed by atoms with Gasteiger partial charge in [-0.25, -0.2) is 0 Å². The minimum atomic E-state index is -4.56. The SMILES string of the molecule is Cc1nc(NC(=O)[C@H](C)C(F)(F)F)n[nH]1. The van der Waals surface area contributed by atoms with E-state index in [0.717, 1.165) is 6.92 Å². The van der Waals surface area contributed by atoms with E-state index in [9.17, 15) is 18.0 Å². The second-order valence-corrected chi connectivity index (χ2v) is 3.00. The van der Waals surface area contributed by atoms with E-state index in [0.29, 0.717) is 5.82 Å². The lowest BCUT2D eigenvalue weighted by Crippen LogP contribution is -2.32. The Kier molecular flexibility index (Phi) is 2.96. The van der Waals surface area contributed by atoms with Crippen LogP contribution in [0.5, 0.6) is 0 Å². The number of carbonyl (C=O) groups is 1. The first-order valence-corrected chi connectivity index (χ1v) is 4.07. The Labute approximate surface area is 83.1 Å². The highest BCUT2D eigenvalue weighted by Crippen LogP contribution is 2.26. The van der Waals surface area contributed by atoms with Gasteiger partial charge in [-0.05, 0) is 13.8 Å². The van der Waals surface area contributed by atoms with Crippen LogP contribution in [0.15, 0.2) is 0 Å². The predicted molar refractivity (Wildman–Crippen MR) is 45.0 cm³/mol. The number of nitrogens with one attached hydrogen (secondary N) is 2. The molecule has 84 valence electrons. The van der Waals surface area contributed by atoms with Crippen molar-refractivity contribution < 1.29 is 18.0 Å². The molecule has 0 aliphatic rings. The highest BCUT2D eigenvalue weighted by atomic mass is 19.4. The van der Waals surface area contributed by atoms with Gasteiger partial charge in [-0.2, -0.15) is 18.2 Å². The zero-order chi connectivity index (χ0) is 11.6. The van der Waals surface area contributed by atoms with Crippen molar-refractivity contribution in [2.75, 3.05) is 5.32 Å². The molecule has 15 heavy (non-hydrogen) atoms. The van der Waals surface area contributed by atoms with Crippen molar-refractivity contribution in [1.82, 2.24) is 15.2 Å². The van der Waals surface area contributed by atoms with Gasteiger partial charge in [0.05, 0.1) is 0 Å². The molecule has 1 amide bonds. The number of hydrogen-bond acceptors (Lipinski definition) is 3. The minimum absolute atomic E-state index is 0.159. The van der Waals surface area contributed by atoms with Gasteiger partial charge in [-0.3, -0.25) is 15.2 Å². The molecule has 1 rings (SSSR count). The molecule has 0 saturated heterocycles. The summed E-state index contributed by atoms with van der Waals surface area (Å²) in [7, 11) is 0. The van der Waals surface area contributed by atoms with Gasteiger partial charge in [0, 0.05) is 0 Å². The van der Waals surface area contributed by atoms with Crippen LogP contribution in [0.25, 0.3) is 0 Å². The molecule has 1 atom stereocenters. The molecule has 8 heteroatoms. The van der Waals surface area contributed by atoms with Gasteiger partial charge >= 0.3 is 6.18 Å². The first-order chi connectivity index (χ1) is 6.80. The van der Waals surface area contributed by atoms with Crippen molar-refractivity contribution in [3.8, 4) is 0 Å². The number of H-pyrrole nitrogens is 1. The van der Waals surface area contributed by atoms with Gasteiger partial charge in [-0.15, -0.1) is 5.10 Å². The average Bonchev–Trinajstić information content (AvgIpc) is 2.48. The monoisotopic (exact) mass is 222 g/mol. The van der Waals surface area contributed by atoms with E-state index in [1.54, 1.807) is 6.92 Å². The average molecular weight is 222 g/mol. The van der Waals surface area contributed by atoms with E-state index in [2.05, 4.69) is 15.2 Å². The second kappa shape index (κ2) is 3.87. The lowest BCUT2D eigenvalue weighted by molar-refractivity contribution is -0.175. The number of carbonyl (C=O) groups excluding carboxylic acids is 1. The summed E-state index contributed by atoms with van der Waals surface area (Å²) in [5.41, 5.74) is 0. The summed E-state index contributed by atoms with van der Waals surface area (Å²) < 4.78 is 36.3. The largest absolute Gasteiger partial charge is 0.400 e.